The smallest absolute Gasteiger partial charge is 0.414 e. The van der Waals surface area contributed by atoms with Gasteiger partial charge in [0.15, 0.2) is 0 Å². The van der Waals surface area contributed by atoms with Crippen LogP contribution in [-0.2, 0) is 4.74 Å². The molecule has 2 fully saturated rings. The zero-order valence-corrected chi connectivity index (χ0v) is 13.6. The van der Waals surface area contributed by atoms with Gasteiger partial charge in [-0.05, 0) is 34.6 Å². The summed E-state index contributed by atoms with van der Waals surface area (Å²) in [6, 6.07) is 0.743. The van der Waals surface area contributed by atoms with Crippen LogP contribution in [0.4, 0.5) is 4.79 Å². The Balaban J connectivity index is 2.07. The number of piperidine rings is 1. The van der Waals surface area contributed by atoms with Crippen molar-refractivity contribution < 1.29 is 13.4 Å². The molecule has 1 N–H and O–H groups in total. The highest BCUT2D eigenvalue weighted by Gasteiger charge is 2.56. The summed E-state index contributed by atoms with van der Waals surface area (Å²) in [6.07, 6.45) is 1.86. The zero-order valence-electron chi connectivity index (χ0n) is 12.7. The average molecular weight is 287 g/mol. The number of nitrogens with one attached hydrogen (secondary N) is 1. The highest BCUT2D eigenvalue weighted by molar-refractivity contribution is 7.74. The van der Waals surface area contributed by atoms with Gasteiger partial charge in [0.25, 0.3) is 0 Å². The Labute approximate surface area is 122 Å². The van der Waals surface area contributed by atoms with Crippen molar-refractivity contribution in [2.24, 2.45) is 5.41 Å². The van der Waals surface area contributed by atoms with Gasteiger partial charge in [0.05, 0.1) is 12.8 Å². The van der Waals surface area contributed by atoms with E-state index in [1.54, 1.807) is 0 Å². The van der Waals surface area contributed by atoms with E-state index in [0.717, 1.165) is 25.9 Å². The molecule has 0 saturated carbocycles. The molecule has 2 rings (SSSR count). The van der Waals surface area contributed by atoms with Crippen molar-refractivity contribution >= 4 is 18.9 Å². The number of thiol groups is 1. The average Bonchev–Trinajstić information content (AvgIpc) is 2.28. The molecule has 4 atom stereocenters. The summed E-state index contributed by atoms with van der Waals surface area (Å²) in [5.41, 5.74) is -0.0862. The fourth-order valence-corrected chi connectivity index (χ4v) is 3.44. The maximum Gasteiger partial charge on any atom is 0.528 e. The van der Waals surface area contributed by atoms with Gasteiger partial charge in [0.2, 0.25) is 0 Å². The molecular formula is C14H27N2O2S+. The molecule has 0 aromatic rings. The van der Waals surface area contributed by atoms with E-state index in [1.165, 1.54) is 0 Å². The minimum Gasteiger partial charge on any atom is -0.414 e. The van der Waals surface area contributed by atoms with Crippen LogP contribution in [0.25, 0.3) is 0 Å². The maximum atomic E-state index is 12.4. The first-order valence-electron chi connectivity index (χ1n) is 7.16. The molecule has 2 saturated heterocycles. The van der Waals surface area contributed by atoms with Crippen LogP contribution in [0.2, 0.25) is 0 Å². The monoisotopic (exact) mass is 287 g/mol. The maximum absolute atomic E-state index is 12.4. The van der Waals surface area contributed by atoms with E-state index >= 15 is 0 Å². The topological polar surface area (TPSA) is 38.3 Å². The van der Waals surface area contributed by atoms with Gasteiger partial charge in [0, 0.05) is 30.8 Å². The predicted molar refractivity (Wildman–Crippen MR) is 78.9 cm³/mol. The second-order valence-electron chi connectivity index (χ2n) is 7.30. The lowest BCUT2D eigenvalue weighted by molar-refractivity contribution is -0.757. The fraction of sp³-hybridized carbons (Fsp3) is 0.929. The molecule has 0 aliphatic carbocycles. The van der Waals surface area contributed by atoms with Crippen molar-refractivity contribution in [3.05, 3.63) is 0 Å². The number of likely N-dealkylation sites (tertiary alicyclic amines) is 1. The number of amides is 1. The molecule has 1 unspecified atom stereocenters. The Bertz CT molecular complexity index is 382. The van der Waals surface area contributed by atoms with Gasteiger partial charge in [-0.3, -0.25) is 0 Å². The van der Waals surface area contributed by atoms with Crippen LogP contribution in [0.5, 0.6) is 0 Å². The Morgan fingerprint density at radius 2 is 2.05 bits per heavy atom. The van der Waals surface area contributed by atoms with Gasteiger partial charge < -0.3 is 10.1 Å². The molecule has 19 heavy (non-hydrogen) atoms. The number of hydrogen-bond acceptors (Lipinski definition) is 4. The van der Waals surface area contributed by atoms with Crippen LogP contribution in [0.1, 0.15) is 47.5 Å². The Morgan fingerprint density at radius 1 is 1.42 bits per heavy atom. The largest absolute Gasteiger partial charge is 0.528 e. The second-order valence-corrected chi connectivity index (χ2v) is 8.01. The number of carbonyl (C=O) groups is 1. The number of carbonyl (C=O) groups excluding carboxylic acids is 1. The van der Waals surface area contributed by atoms with E-state index in [0.29, 0.717) is 11.5 Å². The normalized spacial score (nSPS) is 42.8. The summed E-state index contributed by atoms with van der Waals surface area (Å²) >= 11 is 4.66. The minimum atomic E-state index is -0.453. The Hall–Kier alpha value is -0.260. The standard InChI is InChI=1S/C14H27N2O2S/c1-10-8-14(9-15-11(14)2)6-7-16(10,19)12(17)18-13(3,4)5/h10-11,15,19H,6-9H2,1-5H3/q+1/t10-,11+,14+,16?/m0/s1. The number of quaternary nitrogens is 1. The molecule has 2 heterocycles. The Kier molecular flexibility index (Phi) is 3.69. The third-order valence-corrected chi connectivity index (χ3v) is 5.53. The zero-order chi connectivity index (χ0) is 14.5. The van der Waals surface area contributed by atoms with Crippen LogP contribution in [0, 0.1) is 5.41 Å². The molecule has 2 aliphatic heterocycles. The first-order chi connectivity index (χ1) is 8.59. The SMILES string of the molecule is C[C@H]1NC[C@]12CC[N+](S)(C(=O)OC(C)(C)C)[C@@H](C)C2. The van der Waals surface area contributed by atoms with Crippen molar-refractivity contribution in [1.82, 2.24) is 5.32 Å². The summed E-state index contributed by atoms with van der Waals surface area (Å²) in [6.45, 7) is 11.9. The van der Waals surface area contributed by atoms with Crippen molar-refractivity contribution in [1.29, 1.82) is 0 Å². The van der Waals surface area contributed by atoms with Crippen molar-refractivity contribution in [2.45, 2.75) is 65.1 Å². The van der Waals surface area contributed by atoms with E-state index in [2.05, 4.69) is 32.0 Å². The highest BCUT2D eigenvalue weighted by atomic mass is 32.1. The second kappa shape index (κ2) is 4.64. The third-order valence-electron chi connectivity index (χ3n) is 4.77. The number of ether oxygens (including phenoxy) is 1. The van der Waals surface area contributed by atoms with Gasteiger partial charge in [-0.2, -0.15) is 8.68 Å². The summed E-state index contributed by atoms with van der Waals surface area (Å²) < 4.78 is 5.66. The predicted octanol–water partition coefficient (Wildman–Crippen LogP) is 2.74. The first-order valence-corrected chi connectivity index (χ1v) is 7.56. The van der Waals surface area contributed by atoms with Crippen LogP contribution in [-0.4, -0.2) is 40.8 Å². The Morgan fingerprint density at radius 3 is 2.42 bits per heavy atom. The number of hydrogen-bond donors (Lipinski definition) is 2. The number of nitrogens with zero attached hydrogens (tertiary/aromatic N) is 1. The lowest BCUT2D eigenvalue weighted by Gasteiger charge is -2.55. The van der Waals surface area contributed by atoms with E-state index < -0.39 is 5.60 Å². The molecule has 0 radical (unpaired) electrons. The van der Waals surface area contributed by atoms with Crippen LogP contribution in [0.15, 0.2) is 0 Å². The molecule has 110 valence electrons. The van der Waals surface area contributed by atoms with Gasteiger partial charge in [-0.15, -0.1) is 0 Å². The van der Waals surface area contributed by atoms with E-state index in [4.69, 9.17) is 4.74 Å². The molecule has 5 heteroatoms. The van der Waals surface area contributed by atoms with Crippen molar-refractivity contribution in [3.8, 4) is 0 Å². The number of rotatable bonds is 0. The molecule has 0 bridgehead atoms. The van der Waals surface area contributed by atoms with Gasteiger partial charge >= 0.3 is 6.09 Å². The fourth-order valence-electron chi connectivity index (χ4n) is 3.22. The molecule has 0 aromatic carbocycles. The highest BCUT2D eigenvalue weighted by Crippen LogP contribution is 2.46. The minimum absolute atomic E-state index is 0.117. The summed E-state index contributed by atoms with van der Waals surface area (Å²) in [5, 5.41) is 3.44. The molecule has 0 aromatic heterocycles. The van der Waals surface area contributed by atoms with E-state index in [-0.39, 0.29) is 16.0 Å². The molecular weight excluding hydrogens is 260 g/mol. The van der Waals surface area contributed by atoms with E-state index in [1.807, 2.05) is 20.8 Å². The van der Waals surface area contributed by atoms with Gasteiger partial charge in [-0.1, -0.05) is 0 Å². The van der Waals surface area contributed by atoms with Crippen LogP contribution < -0.4 is 5.32 Å². The van der Waals surface area contributed by atoms with Gasteiger partial charge in [0.1, 0.15) is 18.2 Å². The van der Waals surface area contributed by atoms with Crippen molar-refractivity contribution in [2.75, 3.05) is 13.1 Å². The third kappa shape index (κ3) is 2.65. The summed E-state index contributed by atoms with van der Waals surface area (Å²) in [5.74, 6) is 0. The molecule has 1 spiro atoms. The van der Waals surface area contributed by atoms with Crippen molar-refractivity contribution in [3.63, 3.8) is 0 Å². The quantitative estimate of drug-likeness (QED) is 0.531. The molecule has 4 nitrogen and oxygen atoms in total. The lowest BCUT2D eigenvalue weighted by Crippen LogP contribution is -2.69. The lowest BCUT2D eigenvalue weighted by atomic mass is 9.66. The summed E-state index contributed by atoms with van der Waals surface area (Å²) in [7, 11) is 0. The van der Waals surface area contributed by atoms with Gasteiger partial charge in [-0.25, -0.2) is 0 Å². The molecule has 2 aliphatic rings. The summed E-state index contributed by atoms with van der Waals surface area (Å²) in [4.78, 5) is 12.4. The van der Waals surface area contributed by atoms with Crippen LogP contribution >= 0.6 is 12.8 Å². The first kappa shape index (κ1) is 15.1. The molecule has 1 amide bonds. The van der Waals surface area contributed by atoms with E-state index in [9.17, 15) is 4.79 Å². The van der Waals surface area contributed by atoms with Crippen LogP contribution in [0.3, 0.4) is 0 Å².